The Balaban J connectivity index is 1.71. The summed E-state index contributed by atoms with van der Waals surface area (Å²) >= 11 is 0. The van der Waals surface area contributed by atoms with E-state index in [0.717, 1.165) is 0 Å². The molecule has 0 fully saturated rings. The number of esters is 1. The van der Waals surface area contributed by atoms with Crippen molar-refractivity contribution in [1.82, 2.24) is 9.88 Å². The first-order valence-corrected chi connectivity index (χ1v) is 9.77. The highest BCUT2D eigenvalue weighted by Crippen LogP contribution is 2.38. The molecule has 1 heterocycles. The normalized spacial score (nSPS) is 10.9. The fraction of sp³-hybridized carbons (Fsp3) is 0.227. The van der Waals surface area contributed by atoms with Crippen LogP contribution in [0.5, 0.6) is 11.6 Å². The molecule has 0 radical (unpaired) electrons. The van der Waals surface area contributed by atoms with Crippen LogP contribution in [-0.4, -0.2) is 47.7 Å². The maximum atomic E-state index is 12.1. The summed E-state index contributed by atoms with van der Waals surface area (Å²) in [6, 6.07) is 13.2. The number of para-hydroxylation sites is 1. The van der Waals surface area contributed by atoms with Crippen LogP contribution in [0, 0.1) is 0 Å². The molecular formula is C22H22N4O6. The van der Waals surface area contributed by atoms with Gasteiger partial charge in [-0.1, -0.05) is 18.2 Å². The van der Waals surface area contributed by atoms with E-state index in [1.165, 1.54) is 11.7 Å². The van der Waals surface area contributed by atoms with Gasteiger partial charge in [-0.3, -0.25) is 19.0 Å². The van der Waals surface area contributed by atoms with Crippen molar-refractivity contribution < 1.29 is 29.0 Å². The maximum absolute atomic E-state index is 12.1. The Bertz CT molecular complexity index is 1170. The molecule has 0 saturated carbocycles. The standard InChI is InChI=1S/C22H22N4O6/c1-3-32-19(28)13-26-17-7-5-4-6-16(17)20(22(26)30)25-24-18(27)12-23-21(29)14-8-10-15(31-2)11-9-14/h4-11,30H,3,12-13H2,1-2H3,(H,23,29). The van der Waals surface area contributed by atoms with E-state index in [1.54, 1.807) is 55.5 Å². The average molecular weight is 438 g/mol. The van der Waals surface area contributed by atoms with Crippen LogP contribution in [0.4, 0.5) is 5.69 Å². The van der Waals surface area contributed by atoms with Crippen LogP contribution in [-0.2, 0) is 20.9 Å². The van der Waals surface area contributed by atoms with Gasteiger partial charge in [0.05, 0.1) is 19.2 Å². The molecule has 0 aliphatic heterocycles. The van der Waals surface area contributed by atoms with Crippen molar-refractivity contribution in [3.63, 3.8) is 0 Å². The van der Waals surface area contributed by atoms with Gasteiger partial charge in [0.15, 0.2) is 5.69 Å². The van der Waals surface area contributed by atoms with Gasteiger partial charge in [0.1, 0.15) is 18.8 Å². The summed E-state index contributed by atoms with van der Waals surface area (Å²) in [7, 11) is 1.52. The topological polar surface area (TPSA) is 132 Å². The Morgan fingerprint density at radius 2 is 1.81 bits per heavy atom. The van der Waals surface area contributed by atoms with Gasteiger partial charge in [-0.15, -0.1) is 10.2 Å². The zero-order valence-electron chi connectivity index (χ0n) is 17.6. The summed E-state index contributed by atoms with van der Waals surface area (Å²) < 4.78 is 11.3. The average Bonchev–Trinajstić information content (AvgIpc) is 3.07. The molecule has 0 spiro atoms. The highest BCUT2D eigenvalue weighted by molar-refractivity contribution is 5.97. The SMILES string of the molecule is CCOC(=O)Cn1c(O)c(N=NC(=O)CNC(=O)c2ccc(OC)cc2)c2ccccc21. The van der Waals surface area contributed by atoms with Crippen molar-refractivity contribution in [1.29, 1.82) is 0 Å². The molecule has 0 saturated heterocycles. The van der Waals surface area contributed by atoms with Gasteiger partial charge in [0, 0.05) is 10.9 Å². The number of hydrogen-bond donors (Lipinski definition) is 2. The van der Waals surface area contributed by atoms with Crippen LogP contribution >= 0.6 is 0 Å². The number of aromatic nitrogens is 1. The third-order valence-corrected chi connectivity index (χ3v) is 4.52. The minimum Gasteiger partial charge on any atom is -0.497 e. The number of nitrogens with zero attached hydrogens (tertiary/aromatic N) is 3. The van der Waals surface area contributed by atoms with Gasteiger partial charge in [0.2, 0.25) is 5.88 Å². The Morgan fingerprint density at radius 3 is 2.50 bits per heavy atom. The van der Waals surface area contributed by atoms with Gasteiger partial charge < -0.3 is 19.9 Å². The second-order valence-electron chi connectivity index (χ2n) is 6.59. The second-order valence-corrected chi connectivity index (χ2v) is 6.59. The van der Waals surface area contributed by atoms with Crippen molar-refractivity contribution >= 4 is 34.4 Å². The Hall–Kier alpha value is -4.21. The number of nitrogens with one attached hydrogen (secondary N) is 1. The van der Waals surface area contributed by atoms with Crippen molar-refractivity contribution in [3.05, 3.63) is 54.1 Å². The molecule has 0 aliphatic rings. The minimum absolute atomic E-state index is 0.0414. The molecule has 1 aromatic heterocycles. The fourth-order valence-corrected chi connectivity index (χ4v) is 3.01. The van der Waals surface area contributed by atoms with Crippen LogP contribution in [0.1, 0.15) is 17.3 Å². The number of methoxy groups -OCH3 is 1. The third kappa shape index (κ3) is 5.09. The molecule has 32 heavy (non-hydrogen) atoms. The molecule has 0 atom stereocenters. The van der Waals surface area contributed by atoms with Gasteiger partial charge in [0.25, 0.3) is 11.8 Å². The van der Waals surface area contributed by atoms with E-state index >= 15 is 0 Å². The number of carbonyl (C=O) groups is 3. The highest BCUT2D eigenvalue weighted by Gasteiger charge is 2.19. The van der Waals surface area contributed by atoms with Crippen LogP contribution in [0.25, 0.3) is 10.9 Å². The molecule has 2 N–H and O–H groups in total. The predicted octanol–water partition coefficient (Wildman–Crippen LogP) is 2.96. The number of azo groups is 1. The van der Waals surface area contributed by atoms with E-state index in [9.17, 15) is 19.5 Å². The summed E-state index contributed by atoms with van der Waals surface area (Å²) in [5, 5.41) is 21.0. The molecule has 0 aliphatic carbocycles. The molecule has 10 nitrogen and oxygen atoms in total. The predicted molar refractivity (Wildman–Crippen MR) is 115 cm³/mol. The molecule has 3 rings (SSSR count). The summed E-state index contributed by atoms with van der Waals surface area (Å²) in [5.41, 5.74) is 0.933. The van der Waals surface area contributed by atoms with E-state index in [-0.39, 0.29) is 31.3 Å². The van der Waals surface area contributed by atoms with Crippen molar-refractivity contribution in [2.24, 2.45) is 10.2 Å². The van der Waals surface area contributed by atoms with Crippen LogP contribution < -0.4 is 10.1 Å². The zero-order valence-corrected chi connectivity index (χ0v) is 17.6. The first kappa shape index (κ1) is 22.5. The third-order valence-electron chi connectivity index (χ3n) is 4.52. The first-order valence-electron chi connectivity index (χ1n) is 9.77. The van der Waals surface area contributed by atoms with Gasteiger partial charge >= 0.3 is 5.97 Å². The first-order chi connectivity index (χ1) is 15.4. The lowest BCUT2D eigenvalue weighted by molar-refractivity contribution is -0.143. The molecule has 2 aromatic carbocycles. The van der Waals surface area contributed by atoms with Crippen LogP contribution in [0.2, 0.25) is 0 Å². The molecular weight excluding hydrogens is 416 g/mol. The summed E-state index contributed by atoms with van der Waals surface area (Å²) in [4.78, 5) is 36.1. The van der Waals surface area contributed by atoms with Crippen molar-refractivity contribution in [2.75, 3.05) is 20.3 Å². The molecule has 0 unspecified atom stereocenters. The molecule has 3 aromatic rings. The summed E-state index contributed by atoms with van der Waals surface area (Å²) in [6.07, 6.45) is 0. The number of benzene rings is 2. The van der Waals surface area contributed by atoms with Gasteiger partial charge in [-0.2, -0.15) is 0 Å². The van der Waals surface area contributed by atoms with E-state index in [0.29, 0.717) is 22.2 Å². The molecule has 10 heteroatoms. The van der Waals surface area contributed by atoms with Gasteiger partial charge in [-0.25, -0.2) is 0 Å². The second kappa shape index (κ2) is 10.2. The quantitative estimate of drug-likeness (QED) is 0.411. The Labute approximate surface area is 183 Å². The number of aromatic hydroxyl groups is 1. The fourth-order valence-electron chi connectivity index (χ4n) is 3.01. The largest absolute Gasteiger partial charge is 0.497 e. The van der Waals surface area contributed by atoms with E-state index in [4.69, 9.17) is 9.47 Å². The lowest BCUT2D eigenvalue weighted by Gasteiger charge is -2.06. The molecule has 0 bridgehead atoms. The highest BCUT2D eigenvalue weighted by atomic mass is 16.5. The molecule has 2 amide bonds. The monoisotopic (exact) mass is 438 g/mol. The zero-order chi connectivity index (χ0) is 23.1. The number of ether oxygens (including phenoxy) is 2. The molecule has 166 valence electrons. The lowest BCUT2D eigenvalue weighted by Crippen LogP contribution is -2.28. The van der Waals surface area contributed by atoms with Crippen molar-refractivity contribution in [3.8, 4) is 11.6 Å². The van der Waals surface area contributed by atoms with Crippen molar-refractivity contribution in [2.45, 2.75) is 13.5 Å². The number of amides is 2. The maximum Gasteiger partial charge on any atom is 0.326 e. The smallest absolute Gasteiger partial charge is 0.326 e. The Morgan fingerprint density at radius 1 is 1.09 bits per heavy atom. The number of carbonyl (C=O) groups excluding carboxylic acids is 3. The van der Waals surface area contributed by atoms with E-state index < -0.39 is 17.8 Å². The van der Waals surface area contributed by atoms with E-state index in [1.807, 2.05) is 0 Å². The van der Waals surface area contributed by atoms with E-state index in [2.05, 4.69) is 15.5 Å². The minimum atomic E-state index is -0.714. The summed E-state index contributed by atoms with van der Waals surface area (Å²) in [6.45, 7) is 1.30. The lowest BCUT2D eigenvalue weighted by atomic mass is 10.2. The number of fused-ring (bicyclic) bond motifs is 1. The number of hydrogen-bond acceptors (Lipinski definition) is 7. The number of rotatable bonds is 8. The van der Waals surface area contributed by atoms with Crippen LogP contribution in [0.3, 0.4) is 0 Å². The Kier molecular flexibility index (Phi) is 7.17. The van der Waals surface area contributed by atoms with Gasteiger partial charge in [-0.05, 0) is 37.3 Å². The van der Waals surface area contributed by atoms with Crippen LogP contribution in [0.15, 0.2) is 58.8 Å². The summed E-state index contributed by atoms with van der Waals surface area (Å²) in [5.74, 6) is -1.41.